The highest BCUT2D eigenvalue weighted by atomic mass is 35.5. The van der Waals surface area contributed by atoms with Gasteiger partial charge in [-0.1, -0.05) is 23.2 Å². The highest BCUT2D eigenvalue weighted by Gasteiger charge is 2.13. The minimum atomic E-state index is -0.459. The maximum atomic E-state index is 13.5. The van der Waals surface area contributed by atoms with Gasteiger partial charge in [-0.3, -0.25) is 0 Å². The second-order valence-electron chi connectivity index (χ2n) is 4.27. The van der Waals surface area contributed by atoms with Crippen LogP contribution in [0.15, 0.2) is 17.5 Å². The predicted molar refractivity (Wildman–Crippen MR) is 78.5 cm³/mol. The number of benzene rings is 1. The molecule has 1 aromatic carbocycles. The molecule has 1 aromatic heterocycles. The third kappa shape index (κ3) is 3.66. The Morgan fingerprint density at radius 2 is 2.11 bits per heavy atom. The summed E-state index contributed by atoms with van der Waals surface area (Å²) in [5.41, 5.74) is 1.70. The number of rotatable bonds is 4. The lowest BCUT2D eigenvalue weighted by Gasteiger charge is -2.15. The van der Waals surface area contributed by atoms with Crippen LogP contribution in [-0.2, 0) is 6.54 Å². The van der Waals surface area contributed by atoms with Crippen LogP contribution in [0.5, 0.6) is 0 Å². The zero-order chi connectivity index (χ0) is 14.0. The van der Waals surface area contributed by atoms with Crippen LogP contribution in [-0.4, -0.2) is 4.98 Å². The van der Waals surface area contributed by atoms with Gasteiger partial charge in [-0.2, -0.15) is 0 Å². The lowest BCUT2D eigenvalue weighted by atomic mass is 10.1. The third-order valence-corrected chi connectivity index (χ3v) is 4.32. The SMILES string of the molecule is Cc1csc(CNC(C)c2cc(F)c(Cl)cc2Cl)n1. The van der Waals surface area contributed by atoms with Gasteiger partial charge in [-0.25, -0.2) is 9.37 Å². The Balaban J connectivity index is 2.07. The summed E-state index contributed by atoms with van der Waals surface area (Å²) in [7, 11) is 0. The van der Waals surface area contributed by atoms with Gasteiger partial charge in [0.2, 0.25) is 0 Å². The van der Waals surface area contributed by atoms with E-state index in [1.54, 1.807) is 11.3 Å². The van der Waals surface area contributed by atoms with E-state index in [1.165, 1.54) is 12.1 Å². The maximum Gasteiger partial charge on any atom is 0.142 e. The largest absolute Gasteiger partial charge is 0.304 e. The molecule has 0 amide bonds. The molecule has 1 unspecified atom stereocenters. The van der Waals surface area contributed by atoms with Crippen molar-refractivity contribution in [2.75, 3.05) is 0 Å². The first-order chi connectivity index (χ1) is 8.97. The second kappa shape index (κ2) is 6.18. The van der Waals surface area contributed by atoms with Gasteiger partial charge in [0, 0.05) is 28.7 Å². The van der Waals surface area contributed by atoms with Gasteiger partial charge in [0.05, 0.1) is 5.02 Å². The molecule has 2 rings (SSSR count). The molecule has 0 aliphatic heterocycles. The zero-order valence-electron chi connectivity index (χ0n) is 10.5. The van der Waals surface area contributed by atoms with Gasteiger partial charge in [0.15, 0.2) is 0 Å². The smallest absolute Gasteiger partial charge is 0.142 e. The molecule has 102 valence electrons. The minimum absolute atomic E-state index is 0.0384. The summed E-state index contributed by atoms with van der Waals surface area (Å²) >= 11 is 13.4. The fraction of sp³-hybridized carbons (Fsp3) is 0.308. The van der Waals surface area contributed by atoms with Crippen molar-refractivity contribution in [2.24, 2.45) is 0 Å². The first kappa shape index (κ1) is 14.7. The predicted octanol–water partition coefficient (Wildman–Crippen LogP) is 4.75. The Labute approximate surface area is 125 Å². The molecular formula is C13H13Cl2FN2S. The Kier molecular flexibility index (Phi) is 4.79. The van der Waals surface area contributed by atoms with Crippen LogP contribution in [0.4, 0.5) is 4.39 Å². The first-order valence-corrected chi connectivity index (χ1v) is 7.39. The van der Waals surface area contributed by atoms with Gasteiger partial charge < -0.3 is 5.32 Å². The van der Waals surface area contributed by atoms with Gasteiger partial charge in [-0.05, 0) is 31.5 Å². The minimum Gasteiger partial charge on any atom is -0.304 e. The van der Waals surface area contributed by atoms with Crippen molar-refractivity contribution in [1.82, 2.24) is 10.3 Å². The molecule has 1 atom stereocenters. The number of hydrogen-bond acceptors (Lipinski definition) is 3. The lowest BCUT2D eigenvalue weighted by Crippen LogP contribution is -2.18. The summed E-state index contributed by atoms with van der Waals surface area (Å²) < 4.78 is 13.5. The van der Waals surface area contributed by atoms with E-state index in [4.69, 9.17) is 23.2 Å². The molecule has 1 N–H and O–H groups in total. The molecule has 19 heavy (non-hydrogen) atoms. The van der Waals surface area contributed by atoms with E-state index in [0.717, 1.165) is 10.7 Å². The van der Waals surface area contributed by atoms with Gasteiger partial charge in [-0.15, -0.1) is 11.3 Å². The van der Waals surface area contributed by atoms with Crippen molar-refractivity contribution in [1.29, 1.82) is 0 Å². The van der Waals surface area contributed by atoms with Crippen LogP contribution < -0.4 is 5.32 Å². The number of nitrogens with one attached hydrogen (secondary N) is 1. The molecule has 2 nitrogen and oxygen atoms in total. The first-order valence-electron chi connectivity index (χ1n) is 5.76. The molecule has 2 aromatic rings. The van der Waals surface area contributed by atoms with Gasteiger partial charge >= 0.3 is 0 Å². The normalized spacial score (nSPS) is 12.7. The Morgan fingerprint density at radius 1 is 1.37 bits per heavy atom. The fourth-order valence-electron chi connectivity index (χ4n) is 1.70. The third-order valence-electron chi connectivity index (χ3n) is 2.73. The van der Waals surface area contributed by atoms with E-state index in [-0.39, 0.29) is 11.1 Å². The van der Waals surface area contributed by atoms with Gasteiger partial charge in [0.25, 0.3) is 0 Å². The number of thiazole rings is 1. The van der Waals surface area contributed by atoms with Crippen LogP contribution in [0, 0.1) is 12.7 Å². The molecule has 0 bridgehead atoms. The lowest BCUT2D eigenvalue weighted by molar-refractivity contribution is 0.564. The summed E-state index contributed by atoms with van der Waals surface area (Å²) in [5, 5.41) is 6.76. The molecule has 6 heteroatoms. The number of hydrogen-bond donors (Lipinski definition) is 1. The van der Waals surface area contributed by atoms with E-state index in [1.807, 2.05) is 19.2 Å². The molecule has 0 fully saturated rings. The number of nitrogens with zero attached hydrogens (tertiary/aromatic N) is 1. The number of halogens is 3. The molecule has 0 aliphatic carbocycles. The molecule has 0 spiro atoms. The zero-order valence-corrected chi connectivity index (χ0v) is 12.8. The molecule has 0 radical (unpaired) electrons. The summed E-state index contributed by atoms with van der Waals surface area (Å²) in [6.45, 7) is 4.50. The number of aryl methyl sites for hydroxylation is 1. The maximum absolute atomic E-state index is 13.5. The van der Waals surface area contributed by atoms with Crippen molar-refractivity contribution in [3.63, 3.8) is 0 Å². The van der Waals surface area contributed by atoms with Crippen LogP contribution >= 0.6 is 34.5 Å². The van der Waals surface area contributed by atoms with Crippen molar-refractivity contribution < 1.29 is 4.39 Å². The highest BCUT2D eigenvalue weighted by Crippen LogP contribution is 2.28. The highest BCUT2D eigenvalue weighted by molar-refractivity contribution is 7.09. The van der Waals surface area contributed by atoms with Crippen molar-refractivity contribution >= 4 is 34.5 Å². The molecule has 0 saturated heterocycles. The Bertz CT molecular complexity index is 586. The van der Waals surface area contributed by atoms with Crippen LogP contribution in [0.25, 0.3) is 0 Å². The van der Waals surface area contributed by atoms with Crippen molar-refractivity contribution in [3.8, 4) is 0 Å². The van der Waals surface area contributed by atoms with E-state index in [2.05, 4.69) is 10.3 Å². The van der Waals surface area contributed by atoms with Gasteiger partial charge in [0.1, 0.15) is 10.8 Å². The monoisotopic (exact) mass is 318 g/mol. The van der Waals surface area contributed by atoms with Crippen LogP contribution in [0.1, 0.15) is 29.2 Å². The molecule has 1 heterocycles. The van der Waals surface area contributed by atoms with E-state index < -0.39 is 5.82 Å². The second-order valence-corrected chi connectivity index (χ2v) is 6.03. The van der Waals surface area contributed by atoms with E-state index in [0.29, 0.717) is 17.1 Å². The Morgan fingerprint density at radius 3 is 2.74 bits per heavy atom. The number of aromatic nitrogens is 1. The van der Waals surface area contributed by atoms with Crippen molar-refractivity contribution in [2.45, 2.75) is 26.4 Å². The summed E-state index contributed by atoms with van der Waals surface area (Å²) in [6, 6.07) is 2.72. The average Bonchev–Trinajstić information content (AvgIpc) is 2.77. The summed E-state index contributed by atoms with van der Waals surface area (Å²) in [4.78, 5) is 4.36. The van der Waals surface area contributed by atoms with Crippen LogP contribution in [0.2, 0.25) is 10.0 Å². The molecule has 0 saturated carbocycles. The quantitative estimate of drug-likeness (QED) is 0.823. The standard InChI is InChI=1S/C13H13Cl2FN2S/c1-7-6-19-13(18-7)5-17-8(2)9-3-12(16)11(15)4-10(9)14/h3-4,6,8,17H,5H2,1-2H3. The topological polar surface area (TPSA) is 24.9 Å². The summed E-state index contributed by atoms with van der Waals surface area (Å²) in [6.07, 6.45) is 0. The summed E-state index contributed by atoms with van der Waals surface area (Å²) in [5.74, 6) is -0.459. The van der Waals surface area contributed by atoms with Crippen molar-refractivity contribution in [3.05, 3.63) is 49.6 Å². The Hall–Kier alpha value is -0.680. The fourth-order valence-corrected chi connectivity index (χ4v) is 2.97. The van der Waals surface area contributed by atoms with E-state index >= 15 is 0 Å². The molecule has 0 aliphatic rings. The average molecular weight is 319 g/mol. The van der Waals surface area contributed by atoms with Crippen LogP contribution in [0.3, 0.4) is 0 Å². The van der Waals surface area contributed by atoms with E-state index in [9.17, 15) is 4.39 Å². The molecular weight excluding hydrogens is 306 g/mol.